The molecule has 1 aromatic heterocycles. The van der Waals surface area contributed by atoms with Crippen molar-refractivity contribution < 1.29 is 4.39 Å². The maximum atomic E-state index is 12.4. The Hall–Kier alpha value is -0.870. The molecule has 0 spiro atoms. The van der Waals surface area contributed by atoms with E-state index in [2.05, 4.69) is 11.6 Å². The minimum absolute atomic E-state index is 0.150. The van der Waals surface area contributed by atoms with Crippen LogP contribution in [0.15, 0.2) is 24.6 Å². The molecule has 2 N–H and O–H groups in total. The molecule has 1 rings (SSSR count). The number of aromatic nitrogens is 1. The van der Waals surface area contributed by atoms with Crippen molar-refractivity contribution in [1.82, 2.24) is 4.98 Å². The normalized spacial score (nSPS) is 13.2. The van der Waals surface area contributed by atoms with Crippen LogP contribution in [0.5, 0.6) is 0 Å². The Morgan fingerprint density at radius 3 is 2.94 bits per heavy atom. The summed E-state index contributed by atoms with van der Waals surface area (Å²) in [5.74, 6) is -0.404. The second-order valence-electron chi connectivity index (χ2n) is 3.43. The average molecular weight is 261 g/mol. The van der Waals surface area contributed by atoms with Gasteiger partial charge in [0.05, 0.1) is 21.9 Å². The van der Waals surface area contributed by atoms with Crippen LogP contribution in [0.4, 0.5) is 9.39 Å². The zero-order valence-corrected chi connectivity index (χ0v) is 10.6. The molecule has 1 unspecified atom stereocenters. The van der Waals surface area contributed by atoms with Gasteiger partial charge < -0.3 is 5.73 Å². The first kappa shape index (κ1) is 13.2. The topological polar surface area (TPSA) is 38.9 Å². The van der Waals surface area contributed by atoms with Crippen LogP contribution in [0.25, 0.3) is 0 Å². The number of allylic oxidation sites excluding steroid dienone is 3. The first-order valence-corrected chi connectivity index (χ1v) is 6.10. The number of alkyl halides is 1. The quantitative estimate of drug-likeness (QED) is 0.649. The van der Waals surface area contributed by atoms with E-state index in [4.69, 9.17) is 17.3 Å². The number of nitrogen functional groups attached to an aromatic ring is 1. The number of anilines is 1. The summed E-state index contributed by atoms with van der Waals surface area (Å²) in [6.07, 6.45) is 4.44. The second-order valence-corrected chi connectivity index (χ2v) is 5.10. The number of thiazole rings is 1. The summed E-state index contributed by atoms with van der Waals surface area (Å²) < 4.78 is 12.4. The van der Waals surface area contributed by atoms with E-state index in [0.29, 0.717) is 6.42 Å². The number of nitrogens with two attached hydrogens (primary N) is 1. The number of halogens is 2. The highest BCUT2D eigenvalue weighted by molar-refractivity contribution is 7.15. The van der Waals surface area contributed by atoms with E-state index in [1.54, 1.807) is 6.08 Å². The smallest absolute Gasteiger partial charge is 0.109 e. The van der Waals surface area contributed by atoms with Gasteiger partial charge in [0.2, 0.25) is 0 Å². The molecule has 0 aliphatic rings. The third-order valence-corrected chi connectivity index (χ3v) is 3.24. The van der Waals surface area contributed by atoms with Crippen LogP contribution < -0.4 is 5.73 Å². The number of nitrogens with zero attached hydrogens (tertiary/aromatic N) is 1. The number of aryl methyl sites for hydroxylation is 1. The molecule has 0 aliphatic heterocycles. The van der Waals surface area contributed by atoms with Crippen LogP contribution in [-0.2, 0) is 6.42 Å². The van der Waals surface area contributed by atoms with Gasteiger partial charge in [-0.25, -0.2) is 9.37 Å². The van der Waals surface area contributed by atoms with Crippen LogP contribution in [0.2, 0.25) is 0 Å². The Balaban J connectivity index is 2.45. The van der Waals surface area contributed by atoms with Crippen molar-refractivity contribution in [2.45, 2.75) is 25.1 Å². The maximum Gasteiger partial charge on any atom is 0.109 e. The van der Waals surface area contributed by atoms with Crippen molar-refractivity contribution >= 4 is 27.9 Å². The number of rotatable bonds is 5. The molecule has 2 nitrogen and oxygen atoms in total. The van der Waals surface area contributed by atoms with Gasteiger partial charge in [-0.15, -0.1) is 22.9 Å². The van der Waals surface area contributed by atoms with Gasteiger partial charge in [-0.1, -0.05) is 18.7 Å². The van der Waals surface area contributed by atoms with Crippen molar-refractivity contribution in [3.8, 4) is 0 Å². The van der Waals surface area contributed by atoms with E-state index in [-0.39, 0.29) is 11.8 Å². The number of hydrogen-bond acceptors (Lipinski definition) is 3. The third-order valence-electron chi connectivity index (χ3n) is 1.93. The van der Waals surface area contributed by atoms with Gasteiger partial charge in [0.1, 0.15) is 5.00 Å². The molecule has 0 saturated carbocycles. The van der Waals surface area contributed by atoms with Gasteiger partial charge in [0.15, 0.2) is 0 Å². The van der Waals surface area contributed by atoms with Crippen molar-refractivity contribution in [2.24, 2.45) is 0 Å². The lowest BCUT2D eigenvalue weighted by Gasteiger charge is -1.99. The minimum atomic E-state index is -0.404. The first-order valence-electron chi connectivity index (χ1n) is 4.85. The predicted octanol–water partition coefficient (Wildman–Crippen LogP) is 3.61. The first-order chi connectivity index (χ1) is 7.49. The summed E-state index contributed by atoms with van der Waals surface area (Å²) in [6, 6.07) is 0. The van der Waals surface area contributed by atoms with Gasteiger partial charge in [0, 0.05) is 12.8 Å². The molecule has 0 saturated heterocycles. The van der Waals surface area contributed by atoms with Gasteiger partial charge in [-0.3, -0.25) is 0 Å². The molecule has 5 heteroatoms. The Labute approximate surface area is 104 Å². The fourth-order valence-corrected chi connectivity index (χ4v) is 2.23. The van der Waals surface area contributed by atoms with E-state index in [1.807, 2.05) is 13.0 Å². The Morgan fingerprint density at radius 2 is 2.44 bits per heavy atom. The summed E-state index contributed by atoms with van der Waals surface area (Å²) in [5, 5.41) is 1.33. The van der Waals surface area contributed by atoms with Crippen LogP contribution in [0.1, 0.15) is 17.1 Å². The van der Waals surface area contributed by atoms with Crippen molar-refractivity contribution in [3.05, 3.63) is 35.3 Å². The monoisotopic (exact) mass is 260 g/mol. The minimum Gasteiger partial charge on any atom is -0.389 e. The fourth-order valence-electron chi connectivity index (χ4n) is 1.15. The lowest BCUT2D eigenvalue weighted by Crippen LogP contribution is -1.93. The van der Waals surface area contributed by atoms with E-state index in [0.717, 1.165) is 15.7 Å². The summed E-state index contributed by atoms with van der Waals surface area (Å²) in [7, 11) is 0. The molecule has 0 aliphatic carbocycles. The Bertz CT molecular complexity index is 381. The molecule has 0 radical (unpaired) electrons. The van der Waals surface area contributed by atoms with Crippen LogP contribution in [0, 0.1) is 6.92 Å². The largest absolute Gasteiger partial charge is 0.389 e. The molecule has 0 bridgehead atoms. The van der Waals surface area contributed by atoms with E-state index in [1.165, 1.54) is 11.3 Å². The van der Waals surface area contributed by atoms with Gasteiger partial charge in [0.25, 0.3) is 0 Å². The molecule has 0 aromatic carbocycles. The predicted molar refractivity (Wildman–Crippen MR) is 68.6 cm³/mol. The summed E-state index contributed by atoms with van der Waals surface area (Å²) in [5.41, 5.74) is 6.54. The van der Waals surface area contributed by atoms with Crippen molar-refractivity contribution in [2.75, 3.05) is 5.73 Å². The molecule has 16 heavy (non-hydrogen) atoms. The van der Waals surface area contributed by atoms with Crippen molar-refractivity contribution in [1.29, 1.82) is 0 Å². The van der Waals surface area contributed by atoms with Crippen LogP contribution in [0.3, 0.4) is 0 Å². The van der Waals surface area contributed by atoms with Crippen LogP contribution in [-0.4, -0.2) is 10.4 Å². The average Bonchev–Trinajstić information content (AvgIpc) is 2.44. The van der Waals surface area contributed by atoms with Gasteiger partial charge in [-0.05, 0) is 6.92 Å². The molecule has 88 valence electrons. The Kier molecular flexibility index (Phi) is 4.96. The van der Waals surface area contributed by atoms with Crippen molar-refractivity contribution in [3.63, 3.8) is 0 Å². The maximum absolute atomic E-state index is 12.4. The molecular weight excluding hydrogens is 247 g/mol. The standard InChI is InChI=1S/C11H14ClFN2S/c1-7(13)6-9(12)4-3-5-10-15-8(2)11(14)16-10/h3-4,9H,1,5-6,14H2,2H3/b4-3+. The van der Waals surface area contributed by atoms with Crippen LogP contribution >= 0.6 is 22.9 Å². The zero-order chi connectivity index (χ0) is 12.1. The third kappa shape index (κ3) is 4.33. The fraction of sp³-hybridized carbons (Fsp3) is 0.364. The molecule has 1 atom stereocenters. The highest BCUT2D eigenvalue weighted by Crippen LogP contribution is 2.20. The highest BCUT2D eigenvalue weighted by Gasteiger charge is 2.04. The van der Waals surface area contributed by atoms with Gasteiger partial charge >= 0.3 is 0 Å². The lowest BCUT2D eigenvalue weighted by atomic mass is 10.2. The molecule has 0 fully saturated rings. The molecular formula is C11H14ClFN2S. The zero-order valence-electron chi connectivity index (χ0n) is 9.04. The summed E-state index contributed by atoms with van der Waals surface area (Å²) in [4.78, 5) is 4.28. The lowest BCUT2D eigenvalue weighted by molar-refractivity contribution is 0.598. The molecule has 0 amide bonds. The van der Waals surface area contributed by atoms with Gasteiger partial charge in [-0.2, -0.15) is 0 Å². The number of hydrogen-bond donors (Lipinski definition) is 1. The highest BCUT2D eigenvalue weighted by atomic mass is 35.5. The summed E-state index contributed by atoms with van der Waals surface area (Å²) in [6.45, 7) is 5.04. The van der Waals surface area contributed by atoms with E-state index in [9.17, 15) is 4.39 Å². The molecule has 1 aromatic rings. The van der Waals surface area contributed by atoms with E-state index < -0.39 is 5.83 Å². The molecule has 1 heterocycles. The second kappa shape index (κ2) is 6.01. The Morgan fingerprint density at radius 1 is 1.75 bits per heavy atom. The summed E-state index contributed by atoms with van der Waals surface area (Å²) >= 11 is 7.31. The van der Waals surface area contributed by atoms with E-state index >= 15 is 0 Å². The SMILES string of the molecule is C=C(F)CC(Cl)/C=C/Cc1nc(C)c(N)s1.